The molecule has 176 valence electrons. The molecule has 0 radical (unpaired) electrons. The van der Waals surface area contributed by atoms with E-state index in [0.717, 1.165) is 37.4 Å². The van der Waals surface area contributed by atoms with Crippen LogP contribution in [0.2, 0.25) is 0 Å². The Bertz CT molecular complexity index is 1360. The van der Waals surface area contributed by atoms with Crippen molar-refractivity contribution in [2.24, 2.45) is 0 Å². The number of nitrogens with one attached hydrogen (secondary N) is 2. The minimum atomic E-state index is -0.444. The van der Waals surface area contributed by atoms with E-state index >= 15 is 0 Å². The fourth-order valence-corrected chi connectivity index (χ4v) is 5.20. The first-order chi connectivity index (χ1) is 17.2. The highest BCUT2D eigenvalue weighted by molar-refractivity contribution is 5.77. The van der Waals surface area contributed by atoms with Crippen LogP contribution in [0.4, 0.5) is 11.4 Å². The van der Waals surface area contributed by atoms with E-state index in [1.165, 1.54) is 29.8 Å². The van der Waals surface area contributed by atoms with E-state index in [-0.39, 0.29) is 0 Å². The van der Waals surface area contributed by atoms with Crippen LogP contribution in [0.3, 0.4) is 0 Å². The summed E-state index contributed by atoms with van der Waals surface area (Å²) in [6, 6.07) is 27.4. The molecule has 1 saturated heterocycles. The van der Waals surface area contributed by atoms with Gasteiger partial charge in [-0.2, -0.15) is 10.1 Å². The van der Waals surface area contributed by atoms with Gasteiger partial charge in [0.25, 0.3) is 0 Å². The van der Waals surface area contributed by atoms with Crippen molar-refractivity contribution in [3.8, 4) is 22.5 Å². The molecular formula is C28H28N6O. The van der Waals surface area contributed by atoms with Gasteiger partial charge < -0.3 is 10.2 Å². The lowest BCUT2D eigenvalue weighted by molar-refractivity contribution is 0.202. The van der Waals surface area contributed by atoms with Crippen molar-refractivity contribution >= 4 is 11.4 Å². The summed E-state index contributed by atoms with van der Waals surface area (Å²) in [6.07, 6.45) is 2.34. The topological polar surface area (TPSA) is 77.2 Å². The zero-order chi connectivity index (χ0) is 23.6. The number of likely N-dealkylation sites (tertiary alicyclic amines) is 1. The third-order valence-corrected chi connectivity index (χ3v) is 7.03. The molecule has 0 unspecified atom stereocenters. The third-order valence-electron chi connectivity index (χ3n) is 7.03. The molecule has 6 rings (SSSR count). The minimum absolute atomic E-state index is 0.444. The van der Waals surface area contributed by atoms with E-state index in [4.69, 9.17) is 0 Å². The molecule has 0 saturated carbocycles. The highest BCUT2D eigenvalue weighted by atomic mass is 16.1. The number of piperidine rings is 1. The molecule has 0 aliphatic carbocycles. The quantitative estimate of drug-likeness (QED) is 0.457. The van der Waals surface area contributed by atoms with Crippen molar-refractivity contribution in [1.29, 1.82) is 0 Å². The Morgan fingerprint density at radius 1 is 0.829 bits per heavy atom. The predicted molar refractivity (Wildman–Crippen MR) is 139 cm³/mol. The molecule has 0 spiro atoms. The number of anilines is 2. The molecular weight excluding hydrogens is 436 g/mol. The number of H-pyrrole nitrogens is 1. The van der Waals surface area contributed by atoms with Crippen LogP contribution in [0.15, 0.2) is 83.7 Å². The predicted octanol–water partition coefficient (Wildman–Crippen LogP) is 4.35. The summed E-state index contributed by atoms with van der Waals surface area (Å²) in [5.41, 5.74) is 6.52. The van der Waals surface area contributed by atoms with Crippen LogP contribution in [0.5, 0.6) is 0 Å². The first-order valence-corrected chi connectivity index (χ1v) is 12.2. The van der Waals surface area contributed by atoms with E-state index in [9.17, 15) is 4.79 Å². The smallest absolute Gasteiger partial charge is 0.361 e. The Labute approximate surface area is 204 Å². The van der Waals surface area contributed by atoms with Gasteiger partial charge in [0.15, 0.2) is 0 Å². The van der Waals surface area contributed by atoms with Crippen molar-refractivity contribution < 1.29 is 0 Å². The number of hydrogen-bond donors (Lipinski definition) is 2. The van der Waals surface area contributed by atoms with Crippen molar-refractivity contribution in [3.05, 3.63) is 94.9 Å². The molecule has 7 heteroatoms. The molecule has 0 atom stereocenters. The van der Waals surface area contributed by atoms with Gasteiger partial charge in [0.1, 0.15) is 11.4 Å². The number of hydrogen-bond acceptors (Lipinski definition) is 6. The molecule has 1 fully saturated rings. The van der Waals surface area contributed by atoms with Gasteiger partial charge in [-0.3, -0.25) is 4.90 Å². The van der Waals surface area contributed by atoms with Crippen LogP contribution >= 0.6 is 0 Å². The maximum absolute atomic E-state index is 11.8. The Kier molecular flexibility index (Phi) is 5.76. The lowest BCUT2D eigenvalue weighted by Gasteiger charge is -2.37. The molecule has 3 heterocycles. The summed E-state index contributed by atoms with van der Waals surface area (Å²) in [7, 11) is 0. The van der Waals surface area contributed by atoms with Crippen LogP contribution in [0, 0.1) is 0 Å². The summed E-state index contributed by atoms with van der Waals surface area (Å²) < 4.78 is 0. The molecule has 3 aromatic carbocycles. The van der Waals surface area contributed by atoms with Gasteiger partial charge in [-0.05, 0) is 30.5 Å². The second-order valence-electron chi connectivity index (χ2n) is 9.23. The zero-order valence-electron chi connectivity index (χ0n) is 19.5. The molecule has 0 amide bonds. The Hall–Kier alpha value is -3.97. The molecule has 7 nitrogen and oxygen atoms in total. The lowest BCUT2D eigenvalue weighted by atomic mass is 10.0. The number of rotatable bonds is 5. The fraction of sp³-hybridized carbons (Fsp3) is 0.250. The van der Waals surface area contributed by atoms with Gasteiger partial charge in [0.2, 0.25) is 0 Å². The van der Waals surface area contributed by atoms with Crippen molar-refractivity contribution in [2.75, 3.05) is 30.0 Å². The first-order valence-electron chi connectivity index (χ1n) is 12.2. The van der Waals surface area contributed by atoms with E-state index in [2.05, 4.69) is 78.8 Å². The van der Waals surface area contributed by atoms with Crippen LogP contribution in [0.25, 0.3) is 22.5 Å². The monoisotopic (exact) mass is 464 g/mol. The number of benzene rings is 3. The summed E-state index contributed by atoms with van der Waals surface area (Å²) >= 11 is 0. The highest BCUT2D eigenvalue weighted by Gasteiger charge is 2.28. The van der Waals surface area contributed by atoms with E-state index in [1.54, 1.807) is 0 Å². The average molecular weight is 465 g/mol. The number of para-hydroxylation sites is 2. The van der Waals surface area contributed by atoms with E-state index < -0.39 is 5.69 Å². The first kappa shape index (κ1) is 21.6. The van der Waals surface area contributed by atoms with Crippen LogP contribution in [0.1, 0.15) is 18.4 Å². The zero-order valence-corrected chi connectivity index (χ0v) is 19.5. The summed E-state index contributed by atoms with van der Waals surface area (Å²) in [6.45, 7) is 4.03. The number of fused-ring (bicyclic) bond motifs is 1. The highest BCUT2D eigenvalue weighted by Crippen LogP contribution is 2.35. The molecule has 1 aromatic heterocycles. The molecule has 2 aliphatic heterocycles. The number of nitrogens with zero attached hydrogens (tertiary/aromatic N) is 4. The van der Waals surface area contributed by atoms with Gasteiger partial charge in [-0.25, -0.2) is 9.89 Å². The third kappa shape index (κ3) is 4.42. The molecule has 4 aromatic rings. The second kappa shape index (κ2) is 9.35. The van der Waals surface area contributed by atoms with E-state index in [1.807, 2.05) is 30.3 Å². The van der Waals surface area contributed by atoms with Crippen LogP contribution < -0.4 is 15.9 Å². The van der Waals surface area contributed by atoms with Crippen molar-refractivity contribution in [3.63, 3.8) is 0 Å². The standard InChI is InChI=1S/C28H28N6O/c35-28-30-26(21-6-2-1-3-7-21)27(31-32-28)22-12-10-20(11-13-22)18-33-16-14-23(15-17-33)34-19-29-24-8-4-5-9-25(24)34/h1-13,23,29H,14-19H2,(H,30,32,35). The van der Waals surface area contributed by atoms with Crippen LogP contribution in [-0.4, -0.2) is 45.9 Å². The van der Waals surface area contributed by atoms with Gasteiger partial charge >= 0.3 is 5.69 Å². The van der Waals surface area contributed by atoms with Crippen molar-refractivity contribution in [2.45, 2.75) is 25.4 Å². The Balaban J connectivity index is 1.12. The Morgan fingerprint density at radius 3 is 2.34 bits per heavy atom. The van der Waals surface area contributed by atoms with Gasteiger partial charge in [0, 0.05) is 36.8 Å². The fourth-order valence-electron chi connectivity index (χ4n) is 5.20. The summed E-state index contributed by atoms with van der Waals surface area (Å²) in [4.78, 5) is 21.1. The molecule has 35 heavy (non-hydrogen) atoms. The normalized spacial score (nSPS) is 16.2. The number of aromatic nitrogens is 3. The summed E-state index contributed by atoms with van der Waals surface area (Å²) in [5, 5.41) is 10.3. The summed E-state index contributed by atoms with van der Waals surface area (Å²) in [5.74, 6) is 0. The second-order valence-corrected chi connectivity index (χ2v) is 9.23. The van der Waals surface area contributed by atoms with Gasteiger partial charge in [-0.1, -0.05) is 66.7 Å². The van der Waals surface area contributed by atoms with Crippen molar-refractivity contribution in [1.82, 2.24) is 20.1 Å². The van der Waals surface area contributed by atoms with Gasteiger partial charge in [0.05, 0.1) is 18.0 Å². The van der Waals surface area contributed by atoms with E-state index in [0.29, 0.717) is 17.4 Å². The maximum atomic E-state index is 11.8. The minimum Gasteiger partial charge on any atom is -0.366 e. The number of aromatic amines is 1. The largest absolute Gasteiger partial charge is 0.366 e. The Morgan fingerprint density at radius 2 is 1.54 bits per heavy atom. The lowest BCUT2D eigenvalue weighted by Crippen LogP contribution is -2.44. The molecule has 2 aliphatic rings. The van der Waals surface area contributed by atoms with Crippen LogP contribution in [-0.2, 0) is 6.54 Å². The maximum Gasteiger partial charge on any atom is 0.361 e. The average Bonchev–Trinajstić information content (AvgIpc) is 3.34. The molecule has 2 N–H and O–H groups in total. The van der Waals surface area contributed by atoms with Gasteiger partial charge in [-0.15, -0.1) is 0 Å². The SMILES string of the molecule is O=c1nc(-c2ccccc2)c(-c2ccc(CN3CCC(N4CNc5ccccc54)CC3)cc2)n[nH]1. The molecule has 0 bridgehead atoms.